The van der Waals surface area contributed by atoms with E-state index in [1.807, 2.05) is 29.6 Å². The molecule has 4 aromatic rings. The van der Waals surface area contributed by atoms with E-state index in [9.17, 15) is 9.90 Å². The number of anilines is 1. The first-order chi connectivity index (χ1) is 16.2. The van der Waals surface area contributed by atoms with Crippen LogP contribution in [0.2, 0.25) is 0 Å². The number of rotatable bonds is 5. The van der Waals surface area contributed by atoms with E-state index in [0.29, 0.717) is 23.5 Å². The summed E-state index contributed by atoms with van der Waals surface area (Å²) in [6.07, 6.45) is 0.166. The highest BCUT2D eigenvalue weighted by Crippen LogP contribution is 2.35. The van der Waals surface area contributed by atoms with E-state index < -0.39 is 5.60 Å². The van der Waals surface area contributed by atoms with Crippen molar-refractivity contribution in [3.8, 4) is 17.0 Å². The monoisotopic (exact) mass is 456 g/mol. The molecular weight excluding hydrogens is 428 g/mol. The quantitative estimate of drug-likeness (QED) is 0.454. The summed E-state index contributed by atoms with van der Waals surface area (Å²) in [4.78, 5) is 19.9. The van der Waals surface area contributed by atoms with E-state index in [2.05, 4.69) is 29.2 Å². The van der Waals surface area contributed by atoms with Crippen molar-refractivity contribution >= 4 is 17.1 Å². The SMILES string of the molecule is Cc1cc2nc(CC(=O)c3ccc(C(C)(C)O)cc3)cc(-c3ccc4c(c3)OCCN4C)n2n1. The number of ketones is 1. The van der Waals surface area contributed by atoms with Gasteiger partial charge in [0.1, 0.15) is 12.4 Å². The summed E-state index contributed by atoms with van der Waals surface area (Å²) in [7, 11) is 2.06. The third-order valence-electron chi connectivity index (χ3n) is 6.21. The summed E-state index contributed by atoms with van der Waals surface area (Å²) >= 11 is 0. The number of ether oxygens (including phenoxy) is 1. The molecule has 0 amide bonds. The van der Waals surface area contributed by atoms with E-state index in [-0.39, 0.29) is 12.2 Å². The minimum absolute atomic E-state index is 0.0308. The number of aliphatic hydroxyl groups is 1. The van der Waals surface area contributed by atoms with Gasteiger partial charge in [0.2, 0.25) is 0 Å². The molecule has 0 fully saturated rings. The molecule has 7 nitrogen and oxygen atoms in total. The van der Waals surface area contributed by atoms with Crippen LogP contribution in [0.5, 0.6) is 5.75 Å². The number of fused-ring (bicyclic) bond motifs is 2. The number of carbonyl (C=O) groups is 1. The first-order valence-corrected chi connectivity index (χ1v) is 11.4. The maximum Gasteiger partial charge on any atom is 0.168 e. The van der Waals surface area contributed by atoms with Crippen molar-refractivity contribution in [3.63, 3.8) is 0 Å². The largest absolute Gasteiger partial charge is 0.490 e. The van der Waals surface area contributed by atoms with Crippen molar-refractivity contribution in [2.75, 3.05) is 25.1 Å². The Bertz CT molecular complexity index is 1380. The molecule has 3 heterocycles. The second-order valence-electron chi connectivity index (χ2n) is 9.38. The van der Waals surface area contributed by atoms with Crippen LogP contribution in [0.15, 0.2) is 54.6 Å². The third kappa shape index (κ3) is 4.15. The zero-order valence-corrected chi connectivity index (χ0v) is 19.9. The molecule has 2 aromatic carbocycles. The number of aryl methyl sites for hydroxylation is 1. The van der Waals surface area contributed by atoms with Gasteiger partial charge in [-0.15, -0.1) is 0 Å². The van der Waals surface area contributed by atoms with Crippen LogP contribution in [0, 0.1) is 6.92 Å². The molecule has 1 N–H and O–H groups in total. The molecule has 0 unspecified atom stereocenters. The summed E-state index contributed by atoms with van der Waals surface area (Å²) < 4.78 is 7.72. The molecule has 0 atom stereocenters. The lowest BCUT2D eigenvalue weighted by Gasteiger charge is -2.28. The molecule has 34 heavy (non-hydrogen) atoms. The fraction of sp³-hybridized carbons (Fsp3) is 0.296. The molecule has 1 aliphatic heterocycles. The number of aromatic nitrogens is 3. The number of carbonyl (C=O) groups excluding carboxylic acids is 1. The van der Waals surface area contributed by atoms with E-state index in [1.165, 1.54) is 0 Å². The molecule has 7 heteroatoms. The van der Waals surface area contributed by atoms with Crippen molar-refractivity contribution in [2.45, 2.75) is 32.8 Å². The third-order valence-corrected chi connectivity index (χ3v) is 6.21. The van der Waals surface area contributed by atoms with Gasteiger partial charge in [-0.25, -0.2) is 9.50 Å². The normalized spacial score (nSPS) is 13.6. The number of nitrogens with zero attached hydrogens (tertiary/aromatic N) is 4. The molecule has 5 rings (SSSR count). The molecule has 0 bridgehead atoms. The topological polar surface area (TPSA) is 80.0 Å². The Hall–Kier alpha value is -3.71. The van der Waals surface area contributed by atoms with E-state index in [1.54, 1.807) is 38.1 Å². The van der Waals surface area contributed by atoms with Crippen molar-refractivity contribution in [1.29, 1.82) is 0 Å². The number of hydrogen-bond donors (Lipinski definition) is 1. The Labute approximate surface area is 198 Å². The molecule has 0 spiro atoms. The van der Waals surface area contributed by atoms with Gasteiger partial charge < -0.3 is 14.7 Å². The van der Waals surface area contributed by atoms with Gasteiger partial charge in [0.05, 0.1) is 41.3 Å². The highest BCUT2D eigenvalue weighted by atomic mass is 16.5. The average molecular weight is 457 g/mol. The maximum absolute atomic E-state index is 13.0. The molecule has 0 saturated carbocycles. The lowest BCUT2D eigenvalue weighted by Crippen LogP contribution is -2.28. The van der Waals surface area contributed by atoms with Crippen LogP contribution in [0.4, 0.5) is 5.69 Å². The zero-order chi connectivity index (χ0) is 24.0. The summed E-state index contributed by atoms with van der Waals surface area (Å²) in [5, 5.41) is 14.8. The predicted molar refractivity (Wildman–Crippen MR) is 132 cm³/mol. The highest BCUT2D eigenvalue weighted by Gasteiger charge is 2.19. The van der Waals surface area contributed by atoms with Gasteiger partial charge in [-0.05, 0) is 44.5 Å². The summed E-state index contributed by atoms with van der Waals surface area (Å²) in [6.45, 7) is 6.88. The number of Topliss-reactive ketones (excluding diaryl/α,β-unsaturated/α-hetero) is 1. The van der Waals surface area contributed by atoms with E-state index in [4.69, 9.17) is 9.72 Å². The van der Waals surface area contributed by atoms with Crippen LogP contribution in [0.1, 0.15) is 41.2 Å². The van der Waals surface area contributed by atoms with Gasteiger partial charge in [-0.2, -0.15) is 5.10 Å². The van der Waals surface area contributed by atoms with Gasteiger partial charge in [0.25, 0.3) is 0 Å². The van der Waals surface area contributed by atoms with E-state index >= 15 is 0 Å². The van der Waals surface area contributed by atoms with Crippen molar-refractivity contribution in [2.24, 2.45) is 0 Å². The molecule has 0 saturated heterocycles. The summed E-state index contributed by atoms with van der Waals surface area (Å²) in [5.41, 5.74) is 5.50. The van der Waals surface area contributed by atoms with Gasteiger partial charge in [0, 0.05) is 24.2 Å². The Balaban J connectivity index is 1.51. The lowest BCUT2D eigenvalue weighted by molar-refractivity contribution is 0.0784. The molecule has 0 aliphatic carbocycles. The minimum atomic E-state index is -0.948. The van der Waals surface area contributed by atoms with Gasteiger partial charge in [0.15, 0.2) is 11.4 Å². The zero-order valence-electron chi connectivity index (χ0n) is 19.9. The highest BCUT2D eigenvalue weighted by molar-refractivity contribution is 5.97. The first kappa shape index (κ1) is 22.1. The van der Waals surface area contributed by atoms with Crippen LogP contribution in [0.3, 0.4) is 0 Å². The number of likely N-dealkylation sites (N-methyl/N-ethyl adjacent to an activating group) is 1. The predicted octanol–water partition coefficient (Wildman–Crippen LogP) is 4.19. The second-order valence-corrected chi connectivity index (χ2v) is 9.38. The second kappa shape index (κ2) is 8.25. The fourth-order valence-electron chi connectivity index (χ4n) is 4.29. The Morgan fingerprint density at radius 2 is 1.88 bits per heavy atom. The van der Waals surface area contributed by atoms with Crippen LogP contribution < -0.4 is 9.64 Å². The van der Waals surface area contributed by atoms with Gasteiger partial charge in [-0.1, -0.05) is 30.3 Å². The maximum atomic E-state index is 13.0. The first-order valence-electron chi connectivity index (χ1n) is 11.4. The molecule has 174 valence electrons. The standard InChI is InChI=1S/C27H28N4O3/c1-17-13-26-28-21(16-24(32)18-5-8-20(9-6-18)27(2,3)33)15-23(31(26)29-17)19-7-10-22-25(14-19)34-12-11-30(22)4/h5-10,13-15,33H,11-12,16H2,1-4H3. The van der Waals surface area contributed by atoms with Crippen LogP contribution >= 0.6 is 0 Å². The number of hydrogen-bond acceptors (Lipinski definition) is 6. The van der Waals surface area contributed by atoms with Crippen LogP contribution in [0.25, 0.3) is 16.9 Å². The van der Waals surface area contributed by atoms with Crippen LogP contribution in [-0.2, 0) is 12.0 Å². The summed E-state index contributed by atoms with van der Waals surface area (Å²) in [5.74, 6) is 0.807. The smallest absolute Gasteiger partial charge is 0.168 e. The fourth-order valence-corrected chi connectivity index (χ4v) is 4.29. The van der Waals surface area contributed by atoms with Gasteiger partial charge >= 0.3 is 0 Å². The molecule has 0 radical (unpaired) electrons. The average Bonchev–Trinajstić information content (AvgIpc) is 3.18. The number of benzene rings is 2. The Morgan fingerprint density at radius 1 is 1.12 bits per heavy atom. The van der Waals surface area contributed by atoms with Gasteiger partial charge in [-0.3, -0.25) is 4.79 Å². The van der Waals surface area contributed by atoms with Crippen molar-refractivity contribution in [1.82, 2.24) is 14.6 Å². The Morgan fingerprint density at radius 3 is 2.62 bits per heavy atom. The minimum Gasteiger partial charge on any atom is -0.490 e. The lowest BCUT2D eigenvalue weighted by atomic mass is 9.96. The van der Waals surface area contributed by atoms with E-state index in [0.717, 1.165) is 40.5 Å². The van der Waals surface area contributed by atoms with Crippen molar-refractivity contribution < 1.29 is 14.6 Å². The van der Waals surface area contributed by atoms with Crippen molar-refractivity contribution in [3.05, 3.63) is 77.1 Å². The molecular formula is C27H28N4O3. The molecule has 1 aliphatic rings. The van der Waals surface area contributed by atoms with Crippen LogP contribution in [-0.4, -0.2) is 45.7 Å². The Kier molecular flexibility index (Phi) is 5.37. The molecule has 2 aromatic heterocycles. The summed E-state index contributed by atoms with van der Waals surface area (Å²) in [6, 6.07) is 17.1.